The Morgan fingerprint density at radius 1 is 1.23 bits per heavy atom. The van der Waals surface area contributed by atoms with E-state index in [0.717, 1.165) is 21.5 Å². The van der Waals surface area contributed by atoms with Crippen LogP contribution in [-0.4, -0.2) is 38.4 Å². The molecule has 0 atom stereocenters. The number of rotatable bonds is 1. The molecule has 0 aliphatic carbocycles. The Kier molecular flexibility index (Phi) is 3.99. The van der Waals surface area contributed by atoms with Crippen molar-refractivity contribution in [2.24, 2.45) is 7.05 Å². The molecular formula is C18H19N5O2S. The summed E-state index contributed by atoms with van der Waals surface area (Å²) in [6.07, 6.45) is 1.11. The number of carbonyl (C=O) groups is 1. The standard InChI is InChI=1S/C18H19N5O2S/c1-10-20-13-6-8-23(7-5-12(13)17(25)22(10)2)16(24)11-3-4-15-14(9-11)21-18(19)26-15/h3-4,9H,5-8H2,1-2H3,(H2,19,21). The normalized spacial score (nSPS) is 14.3. The van der Waals surface area contributed by atoms with Crippen LogP contribution in [0.15, 0.2) is 23.0 Å². The van der Waals surface area contributed by atoms with Crippen LogP contribution in [-0.2, 0) is 19.9 Å². The lowest BCUT2D eigenvalue weighted by atomic mass is 10.1. The van der Waals surface area contributed by atoms with Gasteiger partial charge in [-0.3, -0.25) is 14.2 Å². The van der Waals surface area contributed by atoms with Gasteiger partial charge >= 0.3 is 0 Å². The molecule has 2 aromatic heterocycles. The van der Waals surface area contributed by atoms with Gasteiger partial charge in [-0.05, 0) is 31.5 Å². The molecule has 0 radical (unpaired) electrons. The van der Waals surface area contributed by atoms with Gasteiger partial charge in [-0.25, -0.2) is 9.97 Å². The minimum absolute atomic E-state index is 0.0128. The Labute approximate surface area is 154 Å². The van der Waals surface area contributed by atoms with Gasteiger partial charge in [0, 0.05) is 37.7 Å². The van der Waals surface area contributed by atoms with E-state index in [1.165, 1.54) is 11.3 Å². The second-order valence-electron chi connectivity index (χ2n) is 6.48. The molecule has 0 saturated heterocycles. The van der Waals surface area contributed by atoms with Gasteiger partial charge in [-0.15, -0.1) is 0 Å². The van der Waals surface area contributed by atoms with E-state index < -0.39 is 0 Å². The number of carbonyl (C=O) groups excluding carboxylic acids is 1. The quantitative estimate of drug-likeness (QED) is 0.702. The molecule has 1 aliphatic heterocycles. The van der Waals surface area contributed by atoms with Gasteiger partial charge in [-0.1, -0.05) is 11.3 Å². The molecule has 4 rings (SSSR count). The highest BCUT2D eigenvalue weighted by Gasteiger charge is 2.23. The number of thiazole rings is 1. The van der Waals surface area contributed by atoms with Crippen LogP contribution in [0.1, 0.15) is 27.4 Å². The lowest BCUT2D eigenvalue weighted by Gasteiger charge is -2.20. The maximum Gasteiger partial charge on any atom is 0.256 e. The first-order valence-electron chi connectivity index (χ1n) is 8.45. The fourth-order valence-electron chi connectivity index (χ4n) is 3.33. The Morgan fingerprint density at radius 2 is 2.00 bits per heavy atom. The van der Waals surface area contributed by atoms with Crippen molar-refractivity contribution >= 4 is 32.6 Å². The first kappa shape index (κ1) is 16.7. The summed E-state index contributed by atoms with van der Waals surface area (Å²) >= 11 is 1.40. The smallest absolute Gasteiger partial charge is 0.256 e. The number of nitrogens with two attached hydrogens (primary N) is 1. The summed E-state index contributed by atoms with van der Waals surface area (Å²) in [6.45, 7) is 2.87. The molecule has 0 bridgehead atoms. The number of hydrogen-bond acceptors (Lipinski definition) is 6. The summed E-state index contributed by atoms with van der Waals surface area (Å²) in [4.78, 5) is 36.0. The number of aryl methyl sites for hydroxylation is 1. The second kappa shape index (κ2) is 6.21. The molecule has 3 aromatic rings. The molecule has 2 N–H and O–H groups in total. The molecule has 1 amide bonds. The monoisotopic (exact) mass is 369 g/mol. The maximum absolute atomic E-state index is 12.9. The highest BCUT2D eigenvalue weighted by atomic mass is 32.1. The van der Waals surface area contributed by atoms with Crippen LogP contribution in [0.2, 0.25) is 0 Å². The second-order valence-corrected chi connectivity index (χ2v) is 7.54. The van der Waals surface area contributed by atoms with Crippen molar-refractivity contribution in [3.05, 3.63) is 51.2 Å². The van der Waals surface area contributed by atoms with Crippen LogP contribution >= 0.6 is 11.3 Å². The number of hydrogen-bond donors (Lipinski definition) is 1. The summed E-state index contributed by atoms with van der Waals surface area (Å²) in [7, 11) is 1.73. The molecule has 0 unspecified atom stereocenters. The van der Waals surface area contributed by atoms with E-state index in [4.69, 9.17) is 5.73 Å². The van der Waals surface area contributed by atoms with Crippen molar-refractivity contribution in [1.82, 2.24) is 19.4 Å². The molecule has 0 saturated carbocycles. The van der Waals surface area contributed by atoms with Gasteiger partial charge in [0.15, 0.2) is 5.13 Å². The Hall–Kier alpha value is -2.74. The summed E-state index contributed by atoms with van der Waals surface area (Å²) in [5.41, 5.74) is 8.58. The van der Waals surface area contributed by atoms with Crippen LogP contribution < -0.4 is 11.3 Å². The van der Waals surface area contributed by atoms with Gasteiger partial charge in [0.2, 0.25) is 0 Å². The molecule has 134 valence electrons. The fraction of sp³-hybridized carbons (Fsp3) is 0.333. The number of fused-ring (bicyclic) bond motifs is 2. The molecule has 0 spiro atoms. The highest BCUT2D eigenvalue weighted by Crippen LogP contribution is 2.25. The van der Waals surface area contributed by atoms with Gasteiger partial charge in [-0.2, -0.15) is 0 Å². The van der Waals surface area contributed by atoms with Crippen LogP contribution in [0.4, 0.5) is 5.13 Å². The number of nitrogens with zero attached hydrogens (tertiary/aromatic N) is 4. The van der Waals surface area contributed by atoms with Crippen molar-refractivity contribution in [3.8, 4) is 0 Å². The van der Waals surface area contributed by atoms with Gasteiger partial charge in [0.1, 0.15) is 5.82 Å². The van der Waals surface area contributed by atoms with Crippen LogP contribution in [0.25, 0.3) is 10.2 Å². The van der Waals surface area contributed by atoms with Crippen LogP contribution in [0, 0.1) is 6.92 Å². The fourth-order valence-corrected chi connectivity index (χ4v) is 4.05. The highest BCUT2D eigenvalue weighted by molar-refractivity contribution is 7.22. The number of aromatic nitrogens is 3. The molecule has 1 aliphatic rings. The topological polar surface area (TPSA) is 94.1 Å². The van der Waals surface area contributed by atoms with Crippen molar-refractivity contribution in [1.29, 1.82) is 0 Å². The van der Waals surface area contributed by atoms with Gasteiger partial charge in [0.05, 0.1) is 15.9 Å². The van der Waals surface area contributed by atoms with Crippen molar-refractivity contribution < 1.29 is 4.79 Å². The Balaban J connectivity index is 1.61. The third-order valence-corrected chi connectivity index (χ3v) is 5.75. The van der Waals surface area contributed by atoms with E-state index in [0.29, 0.717) is 42.5 Å². The number of anilines is 1. The third kappa shape index (κ3) is 2.76. The lowest BCUT2D eigenvalue weighted by Crippen LogP contribution is -2.33. The number of nitrogen functional groups attached to an aromatic ring is 1. The summed E-state index contributed by atoms with van der Waals surface area (Å²) in [5, 5.41) is 0.493. The summed E-state index contributed by atoms with van der Waals surface area (Å²) in [5.74, 6) is 0.639. The minimum atomic E-state index is -0.0557. The average molecular weight is 369 g/mol. The molecule has 0 fully saturated rings. The first-order chi connectivity index (χ1) is 12.4. The minimum Gasteiger partial charge on any atom is -0.375 e. The van der Waals surface area contributed by atoms with Crippen molar-refractivity contribution in [2.75, 3.05) is 18.8 Å². The molecule has 8 heteroatoms. The van der Waals surface area contributed by atoms with Crippen LogP contribution in [0.3, 0.4) is 0 Å². The Bertz CT molecular complexity index is 1090. The zero-order chi connectivity index (χ0) is 18.4. The average Bonchev–Trinajstić information content (AvgIpc) is 2.86. The number of amides is 1. The van der Waals surface area contributed by atoms with Crippen molar-refractivity contribution in [2.45, 2.75) is 19.8 Å². The summed E-state index contributed by atoms with van der Waals surface area (Å²) in [6, 6.07) is 5.47. The van der Waals surface area contributed by atoms with E-state index in [2.05, 4.69) is 9.97 Å². The molecule has 26 heavy (non-hydrogen) atoms. The van der Waals surface area contributed by atoms with Gasteiger partial charge in [0.25, 0.3) is 11.5 Å². The van der Waals surface area contributed by atoms with E-state index >= 15 is 0 Å². The van der Waals surface area contributed by atoms with Gasteiger partial charge < -0.3 is 10.6 Å². The maximum atomic E-state index is 12.9. The predicted molar refractivity (Wildman–Crippen MR) is 102 cm³/mol. The lowest BCUT2D eigenvalue weighted by molar-refractivity contribution is 0.0763. The number of benzene rings is 1. The van der Waals surface area contributed by atoms with E-state index in [-0.39, 0.29) is 11.5 Å². The first-order valence-corrected chi connectivity index (χ1v) is 9.26. The van der Waals surface area contributed by atoms with Crippen molar-refractivity contribution in [3.63, 3.8) is 0 Å². The predicted octanol–water partition coefficient (Wildman–Crippen LogP) is 1.52. The van der Waals surface area contributed by atoms with Crippen LogP contribution in [0.5, 0.6) is 0 Å². The molecular weight excluding hydrogens is 350 g/mol. The van der Waals surface area contributed by atoms with E-state index in [1.807, 2.05) is 19.1 Å². The van der Waals surface area contributed by atoms with E-state index in [9.17, 15) is 9.59 Å². The van der Waals surface area contributed by atoms with E-state index in [1.54, 1.807) is 22.6 Å². The SMILES string of the molecule is Cc1nc2c(c(=O)n1C)CCN(C(=O)c1ccc3sc(N)nc3c1)CC2. The zero-order valence-electron chi connectivity index (χ0n) is 14.7. The zero-order valence-corrected chi connectivity index (χ0v) is 15.5. The molecule has 1 aromatic carbocycles. The summed E-state index contributed by atoms with van der Waals surface area (Å²) < 4.78 is 2.53. The Morgan fingerprint density at radius 3 is 2.81 bits per heavy atom. The molecule has 3 heterocycles. The third-order valence-electron chi connectivity index (χ3n) is 4.88. The molecule has 7 nitrogen and oxygen atoms in total. The largest absolute Gasteiger partial charge is 0.375 e.